The average molecular weight is 302 g/mol. The molecule has 2 aromatic rings. The number of nitrogens with zero attached hydrogens (tertiary/aromatic N) is 1. The zero-order valence-corrected chi connectivity index (χ0v) is 10.8. The molecule has 88 valence electrons. The Kier molecular flexibility index (Phi) is 2.41. The molecule has 1 aliphatic carbocycles. The Morgan fingerprint density at radius 1 is 0.889 bits per heavy atom. The fourth-order valence-corrected chi connectivity index (χ4v) is 2.89. The van der Waals surface area contributed by atoms with Gasteiger partial charge in [-0.2, -0.15) is 0 Å². The summed E-state index contributed by atoms with van der Waals surface area (Å²) in [6.07, 6.45) is 3.14. The van der Waals surface area contributed by atoms with Crippen LogP contribution in [0.5, 0.6) is 0 Å². The van der Waals surface area contributed by atoms with E-state index in [2.05, 4.69) is 20.9 Å². The van der Waals surface area contributed by atoms with Gasteiger partial charge in [-0.25, -0.2) is 0 Å². The van der Waals surface area contributed by atoms with Crippen LogP contribution in [0.3, 0.4) is 0 Å². The van der Waals surface area contributed by atoms with Crippen molar-refractivity contribution in [3.63, 3.8) is 0 Å². The molecule has 0 saturated heterocycles. The molecule has 0 fully saturated rings. The molecule has 1 aromatic carbocycles. The minimum Gasteiger partial charge on any atom is -0.292 e. The highest BCUT2D eigenvalue weighted by molar-refractivity contribution is 9.10. The summed E-state index contributed by atoms with van der Waals surface area (Å²) in [6, 6.07) is 10.2. The number of carbonyl (C=O) groups excluding carboxylic acids is 2. The Morgan fingerprint density at radius 2 is 1.39 bits per heavy atom. The van der Waals surface area contributed by atoms with Gasteiger partial charge in [-0.1, -0.05) is 40.2 Å². The standard InChI is InChI=1S/C14H8BrNO2/c15-14(9-5-7-16-8-6-9)12(17)10-3-1-2-4-11(10)13(14)18/h1-8H. The van der Waals surface area contributed by atoms with Crippen molar-refractivity contribution in [2.75, 3.05) is 0 Å². The number of alkyl halides is 1. The van der Waals surface area contributed by atoms with Crippen molar-refractivity contribution < 1.29 is 9.59 Å². The van der Waals surface area contributed by atoms with Gasteiger partial charge >= 0.3 is 0 Å². The van der Waals surface area contributed by atoms with E-state index >= 15 is 0 Å². The first-order chi connectivity index (χ1) is 8.65. The lowest BCUT2D eigenvalue weighted by atomic mass is 9.95. The molecule has 0 spiro atoms. The second-order valence-corrected chi connectivity index (χ2v) is 5.29. The number of rotatable bonds is 1. The van der Waals surface area contributed by atoms with Gasteiger partial charge in [-0.15, -0.1) is 0 Å². The molecule has 0 amide bonds. The number of pyridine rings is 1. The van der Waals surface area contributed by atoms with Crippen LogP contribution in [-0.2, 0) is 4.32 Å². The van der Waals surface area contributed by atoms with Gasteiger partial charge < -0.3 is 0 Å². The highest BCUT2D eigenvalue weighted by Crippen LogP contribution is 2.44. The SMILES string of the molecule is O=C1c2ccccc2C(=O)C1(Br)c1ccncc1. The summed E-state index contributed by atoms with van der Waals surface area (Å²) in [6.45, 7) is 0. The Hall–Kier alpha value is -1.81. The van der Waals surface area contributed by atoms with Gasteiger partial charge in [-0.05, 0) is 17.7 Å². The molecule has 0 bridgehead atoms. The molecule has 1 heterocycles. The van der Waals surface area contributed by atoms with Gasteiger partial charge in [0.05, 0.1) is 0 Å². The van der Waals surface area contributed by atoms with E-state index in [1.807, 2.05) is 0 Å². The maximum atomic E-state index is 12.4. The van der Waals surface area contributed by atoms with E-state index < -0.39 is 4.32 Å². The molecule has 0 N–H and O–H groups in total. The fraction of sp³-hybridized carbons (Fsp3) is 0.0714. The predicted molar refractivity (Wildman–Crippen MR) is 69.9 cm³/mol. The van der Waals surface area contributed by atoms with Crippen molar-refractivity contribution >= 4 is 27.5 Å². The third-order valence-electron chi connectivity index (χ3n) is 3.12. The van der Waals surface area contributed by atoms with Gasteiger partial charge in [0.25, 0.3) is 0 Å². The van der Waals surface area contributed by atoms with Gasteiger partial charge in [-0.3, -0.25) is 14.6 Å². The molecule has 1 aromatic heterocycles. The molecule has 0 unspecified atom stereocenters. The number of halogens is 1. The molecule has 0 radical (unpaired) electrons. The van der Waals surface area contributed by atoms with Crippen LogP contribution in [0, 0.1) is 0 Å². The van der Waals surface area contributed by atoms with Gasteiger partial charge in [0, 0.05) is 23.5 Å². The van der Waals surface area contributed by atoms with Crippen LogP contribution in [0.4, 0.5) is 0 Å². The highest BCUT2D eigenvalue weighted by atomic mass is 79.9. The lowest BCUT2D eigenvalue weighted by Crippen LogP contribution is -2.31. The van der Waals surface area contributed by atoms with Crippen LogP contribution < -0.4 is 0 Å². The second kappa shape index (κ2) is 3.85. The van der Waals surface area contributed by atoms with Crippen molar-refractivity contribution in [3.05, 3.63) is 65.5 Å². The third kappa shape index (κ3) is 1.32. The fourth-order valence-electron chi connectivity index (χ4n) is 2.20. The van der Waals surface area contributed by atoms with Crippen LogP contribution in [0.15, 0.2) is 48.8 Å². The first-order valence-corrected chi connectivity index (χ1v) is 6.23. The molecule has 18 heavy (non-hydrogen) atoms. The molecule has 3 rings (SSSR count). The van der Waals surface area contributed by atoms with Crippen molar-refractivity contribution in [1.82, 2.24) is 4.98 Å². The molecular weight excluding hydrogens is 294 g/mol. The number of hydrogen-bond acceptors (Lipinski definition) is 3. The Labute approximate surface area is 112 Å². The quantitative estimate of drug-likeness (QED) is 0.601. The van der Waals surface area contributed by atoms with E-state index in [0.29, 0.717) is 16.7 Å². The smallest absolute Gasteiger partial charge is 0.192 e. The Balaban J connectivity index is 2.23. The summed E-state index contributed by atoms with van der Waals surface area (Å²) in [5.74, 6) is -0.427. The zero-order chi connectivity index (χ0) is 12.8. The van der Waals surface area contributed by atoms with Crippen LogP contribution in [0.2, 0.25) is 0 Å². The van der Waals surface area contributed by atoms with Gasteiger partial charge in [0.2, 0.25) is 0 Å². The molecular formula is C14H8BrNO2. The number of ketones is 2. The number of hydrogen-bond donors (Lipinski definition) is 0. The summed E-state index contributed by atoms with van der Waals surface area (Å²) < 4.78 is -1.29. The maximum absolute atomic E-state index is 12.4. The Morgan fingerprint density at radius 3 is 1.89 bits per heavy atom. The second-order valence-electron chi connectivity index (χ2n) is 4.10. The number of fused-ring (bicyclic) bond motifs is 1. The van der Waals surface area contributed by atoms with E-state index in [1.165, 1.54) is 0 Å². The molecule has 0 saturated carbocycles. The maximum Gasteiger partial charge on any atom is 0.192 e. The number of carbonyl (C=O) groups is 2. The van der Waals surface area contributed by atoms with E-state index in [4.69, 9.17) is 0 Å². The average Bonchev–Trinajstić information content (AvgIpc) is 2.64. The van der Waals surface area contributed by atoms with Crippen LogP contribution in [0.25, 0.3) is 0 Å². The van der Waals surface area contributed by atoms with E-state index in [1.54, 1.807) is 48.8 Å². The molecule has 0 aliphatic heterocycles. The highest BCUT2D eigenvalue weighted by Gasteiger charge is 2.52. The van der Waals surface area contributed by atoms with Crippen molar-refractivity contribution in [3.8, 4) is 0 Å². The van der Waals surface area contributed by atoms with Gasteiger partial charge in [0.15, 0.2) is 15.9 Å². The number of Topliss-reactive ketones (excluding diaryl/α,β-unsaturated/α-hetero) is 2. The monoisotopic (exact) mass is 301 g/mol. The lowest BCUT2D eigenvalue weighted by Gasteiger charge is -2.18. The van der Waals surface area contributed by atoms with Crippen molar-refractivity contribution in [2.24, 2.45) is 0 Å². The molecule has 1 aliphatic rings. The first-order valence-electron chi connectivity index (χ1n) is 5.43. The largest absolute Gasteiger partial charge is 0.292 e. The van der Waals surface area contributed by atoms with E-state index in [0.717, 1.165) is 0 Å². The van der Waals surface area contributed by atoms with Crippen LogP contribution in [-0.4, -0.2) is 16.6 Å². The van der Waals surface area contributed by atoms with Crippen LogP contribution >= 0.6 is 15.9 Å². The van der Waals surface area contributed by atoms with Crippen LogP contribution in [0.1, 0.15) is 26.3 Å². The summed E-state index contributed by atoms with van der Waals surface area (Å²) in [4.78, 5) is 28.8. The van der Waals surface area contributed by atoms with Crippen molar-refractivity contribution in [2.45, 2.75) is 4.32 Å². The van der Waals surface area contributed by atoms with Gasteiger partial charge in [0.1, 0.15) is 0 Å². The van der Waals surface area contributed by atoms with E-state index in [-0.39, 0.29) is 11.6 Å². The molecule has 3 nitrogen and oxygen atoms in total. The first kappa shape index (κ1) is 11.3. The topological polar surface area (TPSA) is 47.0 Å². The zero-order valence-electron chi connectivity index (χ0n) is 9.26. The summed E-state index contributed by atoms with van der Waals surface area (Å²) in [7, 11) is 0. The molecule has 4 heteroatoms. The number of benzene rings is 1. The normalized spacial score (nSPS) is 16.7. The predicted octanol–water partition coefficient (Wildman–Crippen LogP) is 2.75. The minimum atomic E-state index is -1.29. The summed E-state index contributed by atoms with van der Waals surface area (Å²) in [5, 5.41) is 0. The lowest BCUT2D eigenvalue weighted by molar-refractivity contribution is 0.0871. The minimum absolute atomic E-state index is 0.214. The third-order valence-corrected chi connectivity index (χ3v) is 4.30. The summed E-state index contributed by atoms with van der Waals surface area (Å²) in [5.41, 5.74) is 1.55. The van der Waals surface area contributed by atoms with E-state index in [9.17, 15) is 9.59 Å². The summed E-state index contributed by atoms with van der Waals surface area (Å²) >= 11 is 3.34. The number of aromatic nitrogens is 1. The Bertz CT molecular complexity index is 617. The van der Waals surface area contributed by atoms with Crippen molar-refractivity contribution in [1.29, 1.82) is 0 Å². The molecule has 0 atom stereocenters.